The van der Waals surface area contributed by atoms with Gasteiger partial charge in [0.1, 0.15) is 22.6 Å². The van der Waals surface area contributed by atoms with Crippen molar-refractivity contribution in [3.63, 3.8) is 0 Å². The summed E-state index contributed by atoms with van der Waals surface area (Å²) in [5.41, 5.74) is -2.84. The molecule has 1 atom stereocenters. The molecule has 0 bridgehead atoms. The third-order valence-electron chi connectivity index (χ3n) is 4.31. The van der Waals surface area contributed by atoms with Crippen LogP contribution in [0.15, 0.2) is 18.2 Å². The first-order valence-corrected chi connectivity index (χ1v) is 10.1. The van der Waals surface area contributed by atoms with E-state index >= 15 is 0 Å². The highest BCUT2D eigenvalue weighted by molar-refractivity contribution is 6.10. The standard InChI is InChI=1S/C23H35NO8/c1-21(2,3)31-19(27)24(20(28)32-22(4,5)6)15-13-14(11-12-16(15)29-9)17(25)23(7,8)18(26)30-10/h11-13,17,25H,1-10H3. The van der Waals surface area contributed by atoms with Gasteiger partial charge in [0.15, 0.2) is 0 Å². The molecule has 9 nitrogen and oxygen atoms in total. The molecule has 0 fully saturated rings. The first-order chi connectivity index (χ1) is 14.4. The molecule has 0 saturated heterocycles. The van der Waals surface area contributed by atoms with Gasteiger partial charge in [0, 0.05) is 0 Å². The van der Waals surface area contributed by atoms with E-state index in [-0.39, 0.29) is 17.0 Å². The maximum Gasteiger partial charge on any atom is 0.424 e. The average molecular weight is 454 g/mol. The molecule has 0 aliphatic rings. The third kappa shape index (κ3) is 6.85. The monoisotopic (exact) mass is 453 g/mol. The molecule has 1 N–H and O–H groups in total. The van der Waals surface area contributed by atoms with E-state index in [9.17, 15) is 19.5 Å². The van der Waals surface area contributed by atoms with E-state index in [1.165, 1.54) is 46.3 Å². The molecule has 32 heavy (non-hydrogen) atoms. The molecular formula is C23H35NO8. The molecule has 2 amide bonds. The molecule has 0 aliphatic carbocycles. The van der Waals surface area contributed by atoms with Gasteiger partial charge >= 0.3 is 18.2 Å². The van der Waals surface area contributed by atoms with Gasteiger partial charge in [0.05, 0.1) is 25.7 Å². The smallest absolute Gasteiger partial charge is 0.424 e. The summed E-state index contributed by atoms with van der Waals surface area (Å²) in [6.07, 6.45) is -3.27. The number of methoxy groups -OCH3 is 2. The quantitative estimate of drug-likeness (QED) is 0.508. The number of carbonyl (C=O) groups is 3. The number of benzene rings is 1. The molecule has 1 rings (SSSR count). The second-order valence-electron chi connectivity index (χ2n) is 9.84. The molecule has 0 saturated carbocycles. The second-order valence-corrected chi connectivity index (χ2v) is 9.84. The fourth-order valence-electron chi connectivity index (χ4n) is 2.73. The average Bonchev–Trinajstić information content (AvgIpc) is 2.63. The van der Waals surface area contributed by atoms with Crippen LogP contribution in [0.5, 0.6) is 5.75 Å². The summed E-state index contributed by atoms with van der Waals surface area (Å²) in [6, 6.07) is 4.38. The molecule has 0 spiro atoms. The summed E-state index contributed by atoms with van der Waals surface area (Å²) in [7, 11) is 2.60. The van der Waals surface area contributed by atoms with Gasteiger partial charge in [-0.2, -0.15) is 4.90 Å². The number of amides is 2. The lowest BCUT2D eigenvalue weighted by Crippen LogP contribution is -2.44. The van der Waals surface area contributed by atoms with Crippen molar-refractivity contribution in [2.75, 3.05) is 19.1 Å². The number of esters is 1. The Bertz CT molecular complexity index is 821. The van der Waals surface area contributed by atoms with Crippen molar-refractivity contribution in [2.24, 2.45) is 5.41 Å². The molecule has 0 aliphatic heterocycles. The molecule has 0 heterocycles. The number of imide groups is 1. The maximum atomic E-state index is 13.0. The molecule has 180 valence electrons. The lowest BCUT2D eigenvalue weighted by molar-refractivity contribution is -0.157. The topological polar surface area (TPSA) is 112 Å². The Kier molecular flexibility index (Phi) is 8.31. The molecule has 1 aromatic rings. The van der Waals surface area contributed by atoms with Crippen molar-refractivity contribution in [1.82, 2.24) is 0 Å². The Morgan fingerprint density at radius 2 is 1.34 bits per heavy atom. The van der Waals surface area contributed by atoms with Crippen molar-refractivity contribution in [2.45, 2.75) is 72.7 Å². The highest BCUT2D eigenvalue weighted by atomic mass is 16.6. The summed E-state index contributed by atoms with van der Waals surface area (Å²) < 4.78 is 20.9. The van der Waals surface area contributed by atoms with Crippen LogP contribution in [-0.2, 0) is 19.0 Å². The number of aliphatic hydroxyl groups excluding tert-OH is 1. The zero-order chi connectivity index (χ0) is 25.1. The molecular weight excluding hydrogens is 418 g/mol. The first-order valence-electron chi connectivity index (χ1n) is 10.1. The van der Waals surface area contributed by atoms with Gasteiger partial charge < -0.3 is 24.1 Å². The summed E-state index contributed by atoms with van der Waals surface area (Å²) in [4.78, 5) is 38.9. The van der Waals surface area contributed by atoms with Gasteiger partial charge in [-0.25, -0.2) is 9.59 Å². The van der Waals surface area contributed by atoms with Crippen LogP contribution in [0.25, 0.3) is 0 Å². The van der Waals surface area contributed by atoms with Crippen molar-refractivity contribution >= 4 is 23.8 Å². The minimum atomic E-state index is -1.31. The minimum Gasteiger partial charge on any atom is -0.495 e. The second kappa shape index (κ2) is 9.77. The largest absolute Gasteiger partial charge is 0.495 e. The zero-order valence-electron chi connectivity index (χ0n) is 20.6. The van der Waals surface area contributed by atoms with Crippen molar-refractivity contribution in [3.05, 3.63) is 23.8 Å². The Morgan fingerprint density at radius 3 is 1.72 bits per heavy atom. The molecule has 0 radical (unpaired) electrons. The van der Waals surface area contributed by atoms with Crippen molar-refractivity contribution < 1.29 is 38.4 Å². The minimum absolute atomic E-state index is 0.00628. The number of ether oxygens (including phenoxy) is 4. The van der Waals surface area contributed by atoms with Gasteiger partial charge in [-0.1, -0.05) is 6.07 Å². The molecule has 1 aromatic carbocycles. The third-order valence-corrected chi connectivity index (χ3v) is 4.31. The highest BCUT2D eigenvalue weighted by Crippen LogP contribution is 2.39. The lowest BCUT2D eigenvalue weighted by Gasteiger charge is -2.31. The summed E-state index contributed by atoms with van der Waals surface area (Å²) in [5, 5.41) is 10.9. The number of hydrogen-bond donors (Lipinski definition) is 1. The first kappa shape index (κ1) is 27.2. The zero-order valence-corrected chi connectivity index (χ0v) is 20.6. The number of hydrogen-bond acceptors (Lipinski definition) is 8. The fourth-order valence-corrected chi connectivity index (χ4v) is 2.73. The Labute approximate surface area is 189 Å². The maximum absolute atomic E-state index is 13.0. The Hall–Kier alpha value is -2.81. The Morgan fingerprint density at radius 1 is 0.875 bits per heavy atom. The highest BCUT2D eigenvalue weighted by Gasteiger charge is 2.40. The van der Waals surface area contributed by atoms with Gasteiger partial charge in [0.25, 0.3) is 0 Å². The van der Waals surface area contributed by atoms with Crippen LogP contribution >= 0.6 is 0 Å². The van der Waals surface area contributed by atoms with Crippen molar-refractivity contribution in [3.8, 4) is 5.75 Å². The van der Waals surface area contributed by atoms with E-state index in [1.807, 2.05) is 0 Å². The number of rotatable bonds is 5. The van der Waals surface area contributed by atoms with Gasteiger partial charge in [0.2, 0.25) is 0 Å². The predicted molar refractivity (Wildman–Crippen MR) is 119 cm³/mol. The number of aliphatic hydroxyl groups is 1. The van der Waals surface area contributed by atoms with Crippen molar-refractivity contribution in [1.29, 1.82) is 0 Å². The van der Waals surface area contributed by atoms with E-state index in [0.717, 1.165) is 0 Å². The summed E-state index contributed by atoms with van der Waals surface area (Å²) >= 11 is 0. The Balaban J connectivity index is 3.63. The predicted octanol–water partition coefficient (Wildman–Crippen LogP) is 4.60. The van der Waals surface area contributed by atoms with E-state index in [2.05, 4.69) is 0 Å². The SMILES string of the molecule is COC(=O)C(C)(C)C(O)c1ccc(OC)c(N(C(=O)OC(C)(C)C)C(=O)OC(C)(C)C)c1. The summed E-state index contributed by atoms with van der Waals surface area (Å²) in [6.45, 7) is 13.0. The molecule has 0 aromatic heterocycles. The van der Waals surface area contributed by atoms with E-state index in [1.54, 1.807) is 41.5 Å². The summed E-state index contributed by atoms with van der Waals surface area (Å²) in [5.74, 6) is -0.466. The van der Waals surface area contributed by atoms with Crippen LogP contribution in [0.3, 0.4) is 0 Å². The number of nitrogens with zero attached hydrogens (tertiary/aromatic N) is 1. The van der Waals surface area contributed by atoms with Gasteiger partial charge in [-0.3, -0.25) is 4.79 Å². The molecule has 1 unspecified atom stereocenters. The van der Waals surface area contributed by atoms with E-state index in [0.29, 0.717) is 4.90 Å². The van der Waals surface area contributed by atoms with Crippen LogP contribution in [0.4, 0.5) is 15.3 Å². The van der Waals surface area contributed by atoms with Crippen LogP contribution in [0.2, 0.25) is 0 Å². The number of carbonyl (C=O) groups excluding carboxylic acids is 3. The van der Waals surface area contributed by atoms with E-state index in [4.69, 9.17) is 18.9 Å². The van der Waals surface area contributed by atoms with Crippen LogP contribution in [0, 0.1) is 5.41 Å². The number of anilines is 1. The van der Waals surface area contributed by atoms with Crippen LogP contribution < -0.4 is 9.64 Å². The van der Waals surface area contributed by atoms with Crippen LogP contribution in [0.1, 0.15) is 67.1 Å². The van der Waals surface area contributed by atoms with Gasteiger partial charge in [-0.05, 0) is 73.1 Å². The normalized spacial score (nSPS) is 13.1. The van der Waals surface area contributed by atoms with Gasteiger partial charge in [-0.15, -0.1) is 0 Å². The lowest BCUT2D eigenvalue weighted by atomic mass is 9.82. The molecule has 9 heteroatoms. The van der Waals surface area contributed by atoms with E-state index < -0.39 is 40.9 Å². The van der Waals surface area contributed by atoms with Crippen LogP contribution in [-0.4, -0.2) is 48.7 Å². The fraction of sp³-hybridized carbons (Fsp3) is 0.609.